The fourth-order valence-corrected chi connectivity index (χ4v) is 4.41. The van der Waals surface area contributed by atoms with E-state index in [4.69, 9.17) is 0 Å². The quantitative estimate of drug-likeness (QED) is 0.355. The minimum absolute atomic E-state index is 0.0210. The SMILES string of the molecule is C\C=C(/N=C(C)/C=C(\C=C/C(C)CC)N1CC(F)C1)C(=O)N1CC2C(C1)C2(C)C. The Bertz CT molecular complexity index is 744. The van der Waals surface area contributed by atoms with Gasteiger partial charge in [-0.3, -0.25) is 4.79 Å². The highest BCUT2D eigenvalue weighted by molar-refractivity contribution is 6.00. The third-order valence-corrected chi connectivity index (χ3v) is 7.00. The average molecular weight is 402 g/mol. The summed E-state index contributed by atoms with van der Waals surface area (Å²) in [7, 11) is 0. The zero-order valence-corrected chi connectivity index (χ0v) is 18.8. The van der Waals surface area contributed by atoms with Gasteiger partial charge in [-0.2, -0.15) is 0 Å². The molecule has 1 aliphatic carbocycles. The normalized spacial score (nSPS) is 28.6. The first-order chi connectivity index (χ1) is 13.7. The van der Waals surface area contributed by atoms with Crippen molar-refractivity contribution in [2.24, 2.45) is 28.2 Å². The van der Waals surface area contributed by atoms with E-state index in [0.717, 1.165) is 30.9 Å². The summed E-state index contributed by atoms with van der Waals surface area (Å²) in [5.41, 5.74) is 2.61. The Morgan fingerprint density at radius 3 is 2.34 bits per heavy atom. The number of fused-ring (bicyclic) bond motifs is 1. The number of alkyl halides is 1. The molecule has 1 saturated carbocycles. The Balaban J connectivity index is 1.70. The molecule has 3 fully saturated rings. The summed E-state index contributed by atoms with van der Waals surface area (Å²) in [4.78, 5) is 21.5. The largest absolute Gasteiger partial charge is 0.366 e. The van der Waals surface area contributed by atoms with Crippen LogP contribution in [0.15, 0.2) is 40.7 Å². The molecule has 0 N–H and O–H groups in total. The summed E-state index contributed by atoms with van der Waals surface area (Å²) in [6.07, 6.45) is 8.29. The van der Waals surface area contributed by atoms with Crippen LogP contribution in [-0.2, 0) is 4.79 Å². The van der Waals surface area contributed by atoms with Crippen molar-refractivity contribution >= 4 is 11.6 Å². The van der Waals surface area contributed by atoms with Gasteiger partial charge in [-0.15, -0.1) is 0 Å². The first kappa shape index (κ1) is 21.8. The molecule has 3 aliphatic rings. The predicted molar refractivity (Wildman–Crippen MR) is 117 cm³/mol. The third kappa shape index (κ3) is 4.65. The molecule has 2 aliphatic heterocycles. The first-order valence-electron chi connectivity index (χ1n) is 11.0. The summed E-state index contributed by atoms with van der Waals surface area (Å²) >= 11 is 0. The fourth-order valence-electron chi connectivity index (χ4n) is 4.41. The van der Waals surface area contributed by atoms with E-state index in [1.54, 1.807) is 6.08 Å². The van der Waals surface area contributed by atoms with Crippen LogP contribution in [0.4, 0.5) is 4.39 Å². The molecule has 2 heterocycles. The minimum Gasteiger partial charge on any atom is -0.366 e. The maximum atomic E-state index is 13.4. The van der Waals surface area contributed by atoms with Crippen molar-refractivity contribution in [3.8, 4) is 0 Å². The number of rotatable bonds is 7. The van der Waals surface area contributed by atoms with E-state index in [1.807, 2.05) is 29.7 Å². The monoisotopic (exact) mass is 401 g/mol. The zero-order valence-electron chi connectivity index (χ0n) is 18.8. The molecule has 0 radical (unpaired) electrons. The summed E-state index contributed by atoms with van der Waals surface area (Å²) < 4.78 is 13.4. The molecule has 3 atom stereocenters. The van der Waals surface area contributed by atoms with E-state index < -0.39 is 6.17 Å². The lowest BCUT2D eigenvalue weighted by Crippen LogP contribution is -2.47. The van der Waals surface area contributed by atoms with Gasteiger partial charge in [-0.25, -0.2) is 9.38 Å². The van der Waals surface area contributed by atoms with Gasteiger partial charge in [0, 0.05) is 24.5 Å². The van der Waals surface area contributed by atoms with Crippen LogP contribution < -0.4 is 0 Å². The molecule has 2 saturated heterocycles. The van der Waals surface area contributed by atoms with Crippen LogP contribution >= 0.6 is 0 Å². The Morgan fingerprint density at radius 2 is 1.83 bits per heavy atom. The van der Waals surface area contributed by atoms with Crippen LogP contribution in [0, 0.1) is 23.2 Å². The minimum atomic E-state index is -0.758. The number of allylic oxidation sites excluding steroid dienone is 4. The molecule has 4 nitrogen and oxygen atoms in total. The van der Waals surface area contributed by atoms with Gasteiger partial charge in [0.2, 0.25) is 0 Å². The fraction of sp³-hybridized carbons (Fsp3) is 0.667. The smallest absolute Gasteiger partial charge is 0.272 e. The van der Waals surface area contributed by atoms with E-state index in [0.29, 0.717) is 42.0 Å². The molecule has 29 heavy (non-hydrogen) atoms. The molecule has 3 unspecified atom stereocenters. The van der Waals surface area contributed by atoms with Crippen LogP contribution in [0.2, 0.25) is 0 Å². The summed E-state index contributed by atoms with van der Waals surface area (Å²) in [5.74, 6) is 1.75. The van der Waals surface area contributed by atoms with Crippen LogP contribution in [0.3, 0.4) is 0 Å². The Kier molecular flexibility index (Phi) is 6.35. The van der Waals surface area contributed by atoms with Gasteiger partial charge in [0.05, 0.1) is 13.1 Å². The molecule has 160 valence electrons. The van der Waals surface area contributed by atoms with Gasteiger partial charge in [0.25, 0.3) is 5.91 Å². The van der Waals surface area contributed by atoms with Gasteiger partial charge in [-0.1, -0.05) is 46.3 Å². The predicted octanol–water partition coefficient (Wildman–Crippen LogP) is 4.61. The number of carbonyl (C=O) groups excluding carboxylic acids is 1. The van der Waals surface area contributed by atoms with Crippen molar-refractivity contribution < 1.29 is 9.18 Å². The second-order valence-corrected chi connectivity index (χ2v) is 9.49. The van der Waals surface area contributed by atoms with Crippen LogP contribution in [0.25, 0.3) is 0 Å². The van der Waals surface area contributed by atoms with Crippen LogP contribution in [0.1, 0.15) is 48.0 Å². The maximum Gasteiger partial charge on any atom is 0.272 e. The number of piperidine rings is 1. The van der Waals surface area contributed by atoms with Crippen molar-refractivity contribution in [3.05, 3.63) is 35.7 Å². The van der Waals surface area contributed by atoms with Gasteiger partial charge < -0.3 is 9.80 Å². The lowest BCUT2D eigenvalue weighted by Gasteiger charge is -2.37. The summed E-state index contributed by atoms with van der Waals surface area (Å²) in [5, 5.41) is 0. The molecule has 0 aromatic rings. The highest BCUT2D eigenvalue weighted by atomic mass is 19.1. The average Bonchev–Trinajstić information content (AvgIpc) is 3.02. The Hall–Kier alpha value is -1.91. The first-order valence-corrected chi connectivity index (χ1v) is 11.0. The van der Waals surface area contributed by atoms with E-state index >= 15 is 0 Å². The molecule has 3 rings (SSSR count). The number of halogens is 1. The zero-order chi connectivity index (χ0) is 21.3. The van der Waals surface area contributed by atoms with Crippen molar-refractivity contribution in [3.63, 3.8) is 0 Å². The van der Waals surface area contributed by atoms with E-state index in [-0.39, 0.29) is 5.91 Å². The lowest BCUT2D eigenvalue weighted by atomic mass is 10.1. The van der Waals surface area contributed by atoms with Crippen LogP contribution in [-0.4, -0.2) is 53.8 Å². The third-order valence-electron chi connectivity index (χ3n) is 7.00. The second-order valence-electron chi connectivity index (χ2n) is 9.49. The molecular weight excluding hydrogens is 365 g/mol. The van der Waals surface area contributed by atoms with E-state index in [2.05, 4.69) is 44.8 Å². The number of nitrogens with zero attached hydrogens (tertiary/aromatic N) is 3. The van der Waals surface area contributed by atoms with Crippen molar-refractivity contribution in [2.75, 3.05) is 26.2 Å². The van der Waals surface area contributed by atoms with Crippen molar-refractivity contribution in [1.29, 1.82) is 0 Å². The van der Waals surface area contributed by atoms with Crippen molar-refractivity contribution in [1.82, 2.24) is 9.80 Å². The Labute approximate surface area is 175 Å². The summed E-state index contributed by atoms with van der Waals surface area (Å²) in [6.45, 7) is 15.2. The van der Waals surface area contributed by atoms with Gasteiger partial charge in [0.15, 0.2) is 0 Å². The van der Waals surface area contributed by atoms with Gasteiger partial charge >= 0.3 is 0 Å². The highest BCUT2D eigenvalue weighted by Gasteiger charge is 2.62. The standard InChI is InChI=1S/C24H36FN3O/c1-7-16(3)9-10-19(27-12-18(25)13-27)11-17(4)26-22(8-2)23(29)28-14-20-21(15-28)24(20,5)6/h8-11,16,18,20-21H,7,12-15H2,1-6H3/b10-9-,19-11+,22-8-,26-17+. The van der Waals surface area contributed by atoms with Crippen LogP contribution in [0.5, 0.6) is 0 Å². The summed E-state index contributed by atoms with van der Waals surface area (Å²) in [6, 6.07) is 0. The molecule has 0 aromatic heterocycles. The number of hydrogen-bond acceptors (Lipinski definition) is 3. The number of amides is 1. The van der Waals surface area contributed by atoms with E-state index in [9.17, 15) is 9.18 Å². The topological polar surface area (TPSA) is 35.9 Å². The number of hydrogen-bond donors (Lipinski definition) is 0. The molecule has 0 bridgehead atoms. The van der Waals surface area contributed by atoms with Gasteiger partial charge in [-0.05, 0) is 49.2 Å². The Morgan fingerprint density at radius 1 is 1.21 bits per heavy atom. The molecule has 5 heteroatoms. The lowest BCUT2D eigenvalue weighted by molar-refractivity contribution is -0.127. The molecule has 0 spiro atoms. The van der Waals surface area contributed by atoms with Crippen molar-refractivity contribution in [2.45, 2.75) is 54.1 Å². The number of aliphatic imine (C=N–C) groups is 1. The number of likely N-dealkylation sites (tertiary alicyclic amines) is 2. The van der Waals surface area contributed by atoms with E-state index in [1.165, 1.54) is 0 Å². The molecule has 1 amide bonds. The number of carbonyl (C=O) groups is 1. The van der Waals surface area contributed by atoms with Gasteiger partial charge in [0.1, 0.15) is 11.9 Å². The molecular formula is C24H36FN3O. The second kappa shape index (κ2) is 8.45. The highest BCUT2D eigenvalue weighted by Crippen LogP contribution is 2.62. The maximum absolute atomic E-state index is 13.4. The molecule has 0 aromatic carbocycles.